The monoisotopic (exact) mass is 362 g/mol. The Morgan fingerprint density at radius 2 is 1.81 bits per heavy atom. The molecule has 1 aliphatic rings. The van der Waals surface area contributed by atoms with E-state index in [0.717, 1.165) is 37.0 Å². The second-order valence-electron chi connectivity index (χ2n) is 7.11. The molecule has 146 valence electrons. The Morgan fingerprint density at radius 3 is 2.46 bits per heavy atom. The van der Waals surface area contributed by atoms with Crippen molar-refractivity contribution in [2.24, 2.45) is 10.9 Å². The molecule has 6 heteroatoms. The molecule has 1 fully saturated rings. The molecule has 0 spiro atoms. The summed E-state index contributed by atoms with van der Waals surface area (Å²) in [6.45, 7) is 4.19. The second-order valence-corrected chi connectivity index (χ2v) is 7.11. The van der Waals surface area contributed by atoms with E-state index < -0.39 is 0 Å². The molecule has 0 radical (unpaired) electrons. The van der Waals surface area contributed by atoms with Gasteiger partial charge >= 0.3 is 0 Å². The summed E-state index contributed by atoms with van der Waals surface area (Å²) in [4.78, 5) is 16.2. The number of furan rings is 1. The molecule has 26 heavy (non-hydrogen) atoms. The summed E-state index contributed by atoms with van der Waals surface area (Å²) in [7, 11) is 1.79. The highest BCUT2D eigenvalue weighted by Gasteiger charge is 2.14. The number of carbonyl (C=O) groups excluding carboxylic acids is 1. The van der Waals surface area contributed by atoms with E-state index in [9.17, 15) is 4.79 Å². The van der Waals surface area contributed by atoms with Gasteiger partial charge in [-0.25, -0.2) is 0 Å². The van der Waals surface area contributed by atoms with Crippen LogP contribution >= 0.6 is 0 Å². The molecule has 1 saturated carbocycles. The fraction of sp³-hybridized carbons (Fsp3) is 0.700. The molecule has 1 aromatic rings. The number of nitrogens with one attached hydrogen (secondary N) is 3. The lowest BCUT2D eigenvalue weighted by atomic mass is 10.0. The van der Waals surface area contributed by atoms with Crippen LogP contribution in [0.1, 0.15) is 67.5 Å². The molecule has 1 aromatic heterocycles. The Bertz CT molecular complexity index is 562. The fourth-order valence-corrected chi connectivity index (χ4v) is 3.47. The lowest BCUT2D eigenvalue weighted by Crippen LogP contribution is -2.39. The molecule has 0 aliphatic heterocycles. The first kappa shape index (κ1) is 20.3. The van der Waals surface area contributed by atoms with E-state index in [1.54, 1.807) is 13.1 Å². The summed E-state index contributed by atoms with van der Waals surface area (Å²) < 4.78 is 5.18. The van der Waals surface area contributed by atoms with E-state index >= 15 is 0 Å². The molecular formula is C20H34N4O2. The average Bonchev–Trinajstić information content (AvgIpc) is 3.30. The van der Waals surface area contributed by atoms with Gasteiger partial charge in [0.05, 0.1) is 6.26 Å². The van der Waals surface area contributed by atoms with Crippen molar-refractivity contribution in [3.8, 4) is 0 Å². The molecular weight excluding hydrogens is 328 g/mol. The molecule has 0 unspecified atom stereocenters. The van der Waals surface area contributed by atoms with E-state index in [1.807, 2.05) is 6.92 Å². The smallest absolute Gasteiger partial charge is 0.287 e. The quantitative estimate of drug-likeness (QED) is 0.339. The summed E-state index contributed by atoms with van der Waals surface area (Å²) in [5.74, 6) is 2.05. The van der Waals surface area contributed by atoms with Gasteiger partial charge in [0, 0.05) is 32.2 Å². The third kappa shape index (κ3) is 7.10. The minimum Gasteiger partial charge on any atom is -0.459 e. The molecule has 6 nitrogen and oxygen atoms in total. The predicted octanol–water partition coefficient (Wildman–Crippen LogP) is 3.23. The van der Waals surface area contributed by atoms with Crippen molar-refractivity contribution in [1.82, 2.24) is 16.0 Å². The van der Waals surface area contributed by atoms with Crippen LogP contribution in [-0.2, 0) is 0 Å². The van der Waals surface area contributed by atoms with Crippen molar-refractivity contribution in [3.05, 3.63) is 23.7 Å². The van der Waals surface area contributed by atoms with E-state index in [1.165, 1.54) is 51.2 Å². The number of carbonyl (C=O) groups is 1. The van der Waals surface area contributed by atoms with Crippen LogP contribution in [0.15, 0.2) is 21.7 Å². The maximum absolute atomic E-state index is 11.9. The third-order valence-corrected chi connectivity index (χ3v) is 5.03. The van der Waals surface area contributed by atoms with Crippen LogP contribution in [0.3, 0.4) is 0 Å². The average molecular weight is 363 g/mol. The van der Waals surface area contributed by atoms with Crippen LogP contribution in [-0.4, -0.2) is 38.5 Å². The van der Waals surface area contributed by atoms with Gasteiger partial charge in [0.2, 0.25) is 0 Å². The SMILES string of the molecule is CN=C(NCCCCC1CCCC1)NCCCNC(=O)c1occc1C. The largest absolute Gasteiger partial charge is 0.459 e. The van der Waals surface area contributed by atoms with E-state index in [4.69, 9.17) is 4.42 Å². The van der Waals surface area contributed by atoms with E-state index in [0.29, 0.717) is 12.3 Å². The maximum Gasteiger partial charge on any atom is 0.287 e. The summed E-state index contributed by atoms with van der Waals surface area (Å²) in [5, 5.41) is 9.52. The Hall–Kier alpha value is -1.98. The lowest BCUT2D eigenvalue weighted by Gasteiger charge is -2.13. The highest BCUT2D eigenvalue weighted by Crippen LogP contribution is 2.28. The van der Waals surface area contributed by atoms with Crippen molar-refractivity contribution in [1.29, 1.82) is 0 Å². The Balaban J connectivity index is 1.48. The fourth-order valence-electron chi connectivity index (χ4n) is 3.47. The zero-order valence-electron chi connectivity index (χ0n) is 16.3. The lowest BCUT2D eigenvalue weighted by molar-refractivity contribution is 0.0925. The van der Waals surface area contributed by atoms with Crippen LogP contribution in [0, 0.1) is 12.8 Å². The van der Waals surface area contributed by atoms with Crippen LogP contribution in [0.2, 0.25) is 0 Å². The topological polar surface area (TPSA) is 78.7 Å². The molecule has 1 aliphatic carbocycles. The first-order chi connectivity index (χ1) is 12.7. The normalized spacial score (nSPS) is 15.2. The molecule has 2 rings (SSSR count). The summed E-state index contributed by atoms with van der Waals surface area (Å²) in [6, 6.07) is 1.79. The first-order valence-electron chi connectivity index (χ1n) is 9.97. The van der Waals surface area contributed by atoms with Crippen molar-refractivity contribution >= 4 is 11.9 Å². The highest BCUT2D eigenvalue weighted by atomic mass is 16.3. The number of aryl methyl sites for hydroxylation is 1. The molecule has 0 bridgehead atoms. The number of rotatable bonds is 10. The number of unbranched alkanes of at least 4 members (excludes halogenated alkanes) is 1. The molecule has 1 amide bonds. The first-order valence-corrected chi connectivity index (χ1v) is 9.97. The van der Waals surface area contributed by atoms with Gasteiger partial charge < -0.3 is 20.4 Å². The van der Waals surface area contributed by atoms with E-state index in [-0.39, 0.29) is 5.91 Å². The number of guanidine groups is 1. The van der Waals surface area contributed by atoms with Crippen molar-refractivity contribution in [3.63, 3.8) is 0 Å². The van der Waals surface area contributed by atoms with Gasteiger partial charge in [-0.1, -0.05) is 38.5 Å². The molecule has 1 heterocycles. The second kappa shape index (κ2) is 11.6. The zero-order chi connectivity index (χ0) is 18.6. The van der Waals surface area contributed by atoms with Gasteiger partial charge in [0.25, 0.3) is 5.91 Å². The Labute approximate surface area is 157 Å². The standard InChI is InChI=1S/C20H34N4O2/c1-16-11-15-26-18(16)19(25)22-13-7-14-24-20(21-2)23-12-6-5-10-17-8-3-4-9-17/h11,15,17H,3-10,12-14H2,1-2H3,(H,22,25)(H2,21,23,24). The van der Waals surface area contributed by atoms with Crippen LogP contribution in [0.25, 0.3) is 0 Å². The van der Waals surface area contributed by atoms with Crippen molar-refractivity contribution in [2.75, 3.05) is 26.7 Å². The number of hydrogen-bond donors (Lipinski definition) is 3. The number of hydrogen-bond acceptors (Lipinski definition) is 3. The molecule has 0 atom stereocenters. The number of nitrogens with zero attached hydrogens (tertiary/aromatic N) is 1. The van der Waals surface area contributed by atoms with Gasteiger partial charge in [0.1, 0.15) is 0 Å². The van der Waals surface area contributed by atoms with Gasteiger partial charge in [-0.3, -0.25) is 9.79 Å². The van der Waals surface area contributed by atoms with Gasteiger partial charge in [0.15, 0.2) is 11.7 Å². The zero-order valence-corrected chi connectivity index (χ0v) is 16.3. The van der Waals surface area contributed by atoms with Gasteiger partial charge in [-0.15, -0.1) is 0 Å². The van der Waals surface area contributed by atoms with E-state index in [2.05, 4.69) is 20.9 Å². The number of amides is 1. The van der Waals surface area contributed by atoms with Crippen LogP contribution in [0.5, 0.6) is 0 Å². The predicted molar refractivity (Wildman–Crippen MR) is 106 cm³/mol. The minimum atomic E-state index is -0.155. The molecule has 0 saturated heterocycles. The summed E-state index contributed by atoms with van der Waals surface area (Å²) >= 11 is 0. The third-order valence-electron chi connectivity index (χ3n) is 5.03. The van der Waals surface area contributed by atoms with Crippen molar-refractivity contribution in [2.45, 2.75) is 58.3 Å². The van der Waals surface area contributed by atoms with Crippen molar-refractivity contribution < 1.29 is 9.21 Å². The molecule has 0 aromatic carbocycles. The van der Waals surface area contributed by atoms with Gasteiger partial charge in [-0.05, 0) is 31.7 Å². The van der Waals surface area contributed by atoms with Gasteiger partial charge in [-0.2, -0.15) is 0 Å². The molecule has 3 N–H and O–H groups in total. The summed E-state index contributed by atoms with van der Waals surface area (Å²) in [5.41, 5.74) is 0.859. The maximum atomic E-state index is 11.9. The van der Waals surface area contributed by atoms with Crippen LogP contribution < -0.4 is 16.0 Å². The Kier molecular flexibility index (Phi) is 9.07. The highest BCUT2D eigenvalue weighted by molar-refractivity contribution is 5.92. The Morgan fingerprint density at radius 1 is 1.12 bits per heavy atom. The number of aliphatic imine (C=N–C) groups is 1. The minimum absolute atomic E-state index is 0.155. The summed E-state index contributed by atoms with van der Waals surface area (Å²) in [6.07, 6.45) is 12.0. The van der Waals surface area contributed by atoms with Crippen LogP contribution in [0.4, 0.5) is 0 Å².